The highest BCUT2D eigenvalue weighted by Gasteiger charge is 2.23. The van der Waals surface area contributed by atoms with Crippen LogP contribution in [0.25, 0.3) is 11.8 Å². The molecule has 1 aromatic rings. The van der Waals surface area contributed by atoms with Gasteiger partial charge in [0.05, 0.1) is 6.61 Å². The van der Waals surface area contributed by atoms with Crippen molar-refractivity contribution in [3.05, 3.63) is 60.0 Å². The highest BCUT2D eigenvalue weighted by molar-refractivity contribution is 5.50. The summed E-state index contributed by atoms with van der Waals surface area (Å²) < 4.78 is 10.8. The van der Waals surface area contributed by atoms with Gasteiger partial charge in [0, 0.05) is 5.22 Å². The molecule has 17 heavy (non-hydrogen) atoms. The fourth-order valence-corrected chi connectivity index (χ4v) is 1.59. The molecule has 1 aliphatic heterocycles. The molecule has 1 aliphatic rings. The van der Waals surface area contributed by atoms with Crippen LogP contribution in [0.2, 0.25) is 0 Å². The van der Waals surface area contributed by atoms with E-state index in [1.165, 1.54) is 0 Å². The normalized spacial score (nSPS) is 20.7. The molecule has 0 amide bonds. The van der Waals surface area contributed by atoms with E-state index in [9.17, 15) is 0 Å². The van der Waals surface area contributed by atoms with Gasteiger partial charge in [0.25, 0.3) is 0 Å². The molecule has 0 spiro atoms. The lowest BCUT2D eigenvalue weighted by atomic mass is 10.2. The maximum atomic E-state index is 5.71. The van der Waals surface area contributed by atoms with Crippen LogP contribution >= 0.6 is 0 Å². The standard InChI is InChI=1S/C15H16O2/c1-3-7-12-8-5-6-9-14(12)15(4-2)17-11-13-10-16-13/h3-9,13H,1-2,10-11H2/b12-7-,15-14+. The lowest BCUT2D eigenvalue weighted by molar-refractivity contribution is 0.233. The Morgan fingerprint density at radius 1 is 1.41 bits per heavy atom. The number of allylic oxidation sites excluding steroid dienone is 1. The van der Waals surface area contributed by atoms with E-state index in [4.69, 9.17) is 9.47 Å². The molecule has 0 saturated carbocycles. The van der Waals surface area contributed by atoms with Gasteiger partial charge in [-0.3, -0.25) is 0 Å². The quantitative estimate of drug-likeness (QED) is 0.710. The molecule has 2 rings (SSSR count). The fourth-order valence-electron chi connectivity index (χ4n) is 1.59. The lowest BCUT2D eigenvalue weighted by Gasteiger charge is -2.05. The summed E-state index contributed by atoms with van der Waals surface area (Å²) in [6, 6.07) is 8.01. The number of ether oxygens (including phenoxy) is 2. The summed E-state index contributed by atoms with van der Waals surface area (Å²) in [6.07, 6.45) is 5.71. The second-order valence-electron chi connectivity index (χ2n) is 3.82. The van der Waals surface area contributed by atoms with Crippen LogP contribution in [-0.2, 0) is 9.47 Å². The summed E-state index contributed by atoms with van der Waals surface area (Å²) >= 11 is 0. The van der Waals surface area contributed by atoms with E-state index in [1.807, 2.05) is 30.3 Å². The minimum absolute atomic E-state index is 0.250. The zero-order valence-corrected chi connectivity index (χ0v) is 9.76. The van der Waals surface area contributed by atoms with Crippen molar-refractivity contribution in [3.8, 4) is 0 Å². The van der Waals surface area contributed by atoms with Gasteiger partial charge < -0.3 is 9.47 Å². The molecule has 1 saturated heterocycles. The Balaban J connectivity index is 2.40. The first-order chi connectivity index (χ1) is 8.35. The second kappa shape index (κ2) is 5.51. The first-order valence-electron chi connectivity index (χ1n) is 5.64. The molecule has 2 heteroatoms. The van der Waals surface area contributed by atoms with Gasteiger partial charge in [-0.2, -0.15) is 0 Å². The van der Waals surface area contributed by atoms with E-state index < -0.39 is 0 Å². The van der Waals surface area contributed by atoms with E-state index in [-0.39, 0.29) is 6.10 Å². The smallest absolute Gasteiger partial charge is 0.126 e. The summed E-state index contributed by atoms with van der Waals surface area (Å²) in [5, 5.41) is 2.11. The summed E-state index contributed by atoms with van der Waals surface area (Å²) in [6.45, 7) is 8.89. The average Bonchev–Trinajstić information content (AvgIpc) is 3.16. The molecular formula is C15H16O2. The maximum Gasteiger partial charge on any atom is 0.126 e. The van der Waals surface area contributed by atoms with Gasteiger partial charge >= 0.3 is 0 Å². The minimum Gasteiger partial charge on any atom is -0.490 e. The lowest BCUT2D eigenvalue weighted by Crippen LogP contribution is -2.27. The van der Waals surface area contributed by atoms with Crippen LogP contribution in [0.3, 0.4) is 0 Å². The molecule has 0 radical (unpaired) electrons. The van der Waals surface area contributed by atoms with Crippen molar-refractivity contribution in [2.75, 3.05) is 13.2 Å². The van der Waals surface area contributed by atoms with Gasteiger partial charge in [-0.15, -0.1) is 0 Å². The first-order valence-corrected chi connectivity index (χ1v) is 5.64. The van der Waals surface area contributed by atoms with Crippen molar-refractivity contribution < 1.29 is 9.47 Å². The minimum atomic E-state index is 0.250. The van der Waals surface area contributed by atoms with Crippen LogP contribution in [0.1, 0.15) is 0 Å². The van der Waals surface area contributed by atoms with Gasteiger partial charge in [-0.1, -0.05) is 49.6 Å². The van der Waals surface area contributed by atoms with Crippen molar-refractivity contribution >= 4 is 11.8 Å². The number of rotatable bonds is 5. The van der Waals surface area contributed by atoms with Crippen LogP contribution in [0, 0.1) is 0 Å². The van der Waals surface area contributed by atoms with Crippen LogP contribution < -0.4 is 10.4 Å². The highest BCUT2D eigenvalue weighted by Crippen LogP contribution is 2.11. The molecule has 1 fully saturated rings. The largest absolute Gasteiger partial charge is 0.490 e. The Morgan fingerprint density at radius 2 is 2.18 bits per heavy atom. The molecule has 0 bridgehead atoms. The number of benzene rings is 1. The monoisotopic (exact) mass is 228 g/mol. The summed E-state index contributed by atoms with van der Waals surface area (Å²) in [7, 11) is 0. The van der Waals surface area contributed by atoms with E-state index in [0.717, 1.165) is 22.8 Å². The molecule has 0 N–H and O–H groups in total. The molecule has 1 unspecified atom stereocenters. The van der Waals surface area contributed by atoms with Crippen molar-refractivity contribution in [1.82, 2.24) is 0 Å². The van der Waals surface area contributed by atoms with Crippen molar-refractivity contribution in [1.29, 1.82) is 0 Å². The van der Waals surface area contributed by atoms with E-state index >= 15 is 0 Å². The van der Waals surface area contributed by atoms with Gasteiger partial charge in [-0.25, -0.2) is 0 Å². The zero-order valence-electron chi connectivity index (χ0n) is 9.76. The van der Waals surface area contributed by atoms with E-state index in [1.54, 1.807) is 12.2 Å². The van der Waals surface area contributed by atoms with Crippen LogP contribution in [0.15, 0.2) is 49.6 Å². The highest BCUT2D eigenvalue weighted by atomic mass is 16.6. The summed E-state index contributed by atoms with van der Waals surface area (Å²) in [5.74, 6) is 0.786. The Hall–Kier alpha value is -1.80. The Bertz CT molecular complexity index is 524. The van der Waals surface area contributed by atoms with Crippen molar-refractivity contribution in [3.63, 3.8) is 0 Å². The van der Waals surface area contributed by atoms with Crippen LogP contribution in [0.5, 0.6) is 0 Å². The third-order valence-electron chi connectivity index (χ3n) is 2.54. The molecule has 1 atom stereocenters. The molecule has 88 valence electrons. The number of hydrogen-bond acceptors (Lipinski definition) is 2. The molecule has 0 aromatic heterocycles. The topological polar surface area (TPSA) is 21.8 Å². The molecule has 1 heterocycles. The summed E-state index contributed by atoms with van der Waals surface area (Å²) in [4.78, 5) is 0. The van der Waals surface area contributed by atoms with Crippen molar-refractivity contribution in [2.45, 2.75) is 6.10 Å². The number of hydrogen-bond donors (Lipinski definition) is 0. The second-order valence-corrected chi connectivity index (χ2v) is 3.82. The van der Waals surface area contributed by atoms with Gasteiger partial charge in [0.1, 0.15) is 18.5 Å². The maximum absolute atomic E-state index is 5.71. The van der Waals surface area contributed by atoms with Crippen LogP contribution in [-0.4, -0.2) is 19.3 Å². The predicted octanol–water partition coefficient (Wildman–Crippen LogP) is 1.36. The van der Waals surface area contributed by atoms with E-state index in [0.29, 0.717) is 6.61 Å². The average molecular weight is 228 g/mol. The van der Waals surface area contributed by atoms with Gasteiger partial charge in [-0.05, 0) is 11.3 Å². The third-order valence-corrected chi connectivity index (χ3v) is 2.54. The predicted molar refractivity (Wildman–Crippen MR) is 69.7 cm³/mol. The molecule has 2 nitrogen and oxygen atoms in total. The Kier molecular flexibility index (Phi) is 3.78. The molecular weight excluding hydrogens is 212 g/mol. The van der Waals surface area contributed by atoms with Gasteiger partial charge in [0.15, 0.2) is 0 Å². The summed E-state index contributed by atoms with van der Waals surface area (Å²) in [5.41, 5.74) is 0. The number of epoxide rings is 1. The van der Waals surface area contributed by atoms with E-state index in [2.05, 4.69) is 13.2 Å². The third kappa shape index (κ3) is 3.08. The zero-order chi connectivity index (χ0) is 12.1. The van der Waals surface area contributed by atoms with Crippen molar-refractivity contribution in [2.24, 2.45) is 0 Å². The Labute approximate surface area is 101 Å². The van der Waals surface area contributed by atoms with Gasteiger partial charge in [0.2, 0.25) is 0 Å². The molecule has 0 aliphatic carbocycles. The van der Waals surface area contributed by atoms with Crippen LogP contribution in [0.4, 0.5) is 0 Å². The molecule has 1 aromatic carbocycles. The Morgan fingerprint density at radius 3 is 2.82 bits per heavy atom. The fraction of sp³-hybridized carbons (Fsp3) is 0.200. The SMILES string of the molecule is C=C/C=c1/cccc/c1=C(/C=C)OCC1CO1. The first kappa shape index (κ1) is 11.7.